The number of oxime groups is 1. The molecule has 5 rings (SSSR count). The van der Waals surface area contributed by atoms with Crippen molar-refractivity contribution in [2.75, 3.05) is 0 Å². The highest BCUT2D eigenvalue weighted by Crippen LogP contribution is 2.73. The average molecular weight is 213 g/mol. The summed E-state index contributed by atoms with van der Waals surface area (Å²) in [7, 11) is 0. The maximum atomic E-state index is 9.30. The third kappa shape index (κ3) is 0.952. The highest BCUT2D eigenvalue weighted by Gasteiger charge is 2.69. The van der Waals surface area contributed by atoms with E-state index in [2.05, 4.69) is 17.3 Å². The van der Waals surface area contributed by atoms with Gasteiger partial charge in [0.15, 0.2) is 0 Å². The van der Waals surface area contributed by atoms with E-state index >= 15 is 0 Å². The van der Waals surface area contributed by atoms with Gasteiger partial charge in [-0.25, -0.2) is 0 Å². The average Bonchev–Trinajstić information content (AvgIpc) is 2.76. The first-order valence-electron chi connectivity index (χ1n) is 6.17. The van der Waals surface area contributed by atoms with Crippen LogP contribution < -0.4 is 0 Å². The summed E-state index contributed by atoms with van der Waals surface area (Å²) < 4.78 is 0. The number of hydrogen-bond donors (Lipinski definition) is 1. The van der Waals surface area contributed by atoms with E-state index in [-0.39, 0.29) is 0 Å². The lowest BCUT2D eigenvalue weighted by molar-refractivity contribution is 0.312. The molecule has 0 heterocycles. The van der Waals surface area contributed by atoms with Crippen LogP contribution in [0.4, 0.5) is 0 Å². The van der Waals surface area contributed by atoms with Crippen molar-refractivity contribution in [3.8, 4) is 0 Å². The van der Waals surface area contributed by atoms with E-state index in [0.717, 1.165) is 34.9 Å². The lowest BCUT2D eigenvalue weighted by Gasteiger charge is -2.16. The molecule has 3 atom stereocenters. The fraction of sp³-hybridized carbons (Fsp3) is 0.500. The Morgan fingerprint density at radius 2 is 1.81 bits per heavy atom. The normalized spacial score (nSPS) is 43.8. The fourth-order valence-corrected chi connectivity index (χ4v) is 4.41. The molecule has 1 N–H and O–H groups in total. The zero-order chi connectivity index (χ0) is 10.7. The van der Waals surface area contributed by atoms with E-state index in [1.165, 1.54) is 12.8 Å². The van der Waals surface area contributed by atoms with Crippen LogP contribution in [0.25, 0.3) is 0 Å². The van der Waals surface area contributed by atoms with Crippen LogP contribution in [0.2, 0.25) is 0 Å². The summed E-state index contributed by atoms with van der Waals surface area (Å²) in [4.78, 5) is 0. The Bertz CT molecular complexity index is 439. The van der Waals surface area contributed by atoms with Crippen molar-refractivity contribution < 1.29 is 5.21 Å². The second-order valence-electron chi connectivity index (χ2n) is 5.51. The summed E-state index contributed by atoms with van der Waals surface area (Å²) in [5.41, 5.74) is 2.05. The van der Waals surface area contributed by atoms with Gasteiger partial charge in [0, 0.05) is 5.92 Å². The number of hydrogen-bond acceptors (Lipinski definition) is 2. The topological polar surface area (TPSA) is 32.6 Å². The Balaban J connectivity index is 1.72. The maximum absolute atomic E-state index is 9.30. The van der Waals surface area contributed by atoms with Gasteiger partial charge in [-0.1, -0.05) is 35.5 Å². The molecule has 4 bridgehead atoms. The smallest absolute Gasteiger partial charge is 0.0904 e. The van der Waals surface area contributed by atoms with Crippen LogP contribution in [0.1, 0.15) is 18.4 Å². The number of benzene rings is 1. The molecule has 4 saturated carbocycles. The lowest BCUT2D eigenvalue weighted by Crippen LogP contribution is -2.19. The lowest BCUT2D eigenvalue weighted by atomic mass is 9.89. The molecule has 82 valence electrons. The predicted octanol–water partition coefficient (Wildman–Crippen LogP) is 2.77. The quantitative estimate of drug-likeness (QED) is 0.457. The maximum Gasteiger partial charge on any atom is 0.0904 e. The standard InChI is InChI=1S/C14H15NO/c16-15-14(8-4-2-1-3-5-8)12-9-6-10-11(7-9)13(10)12/h1-5,9-13,16H,6-7H2/b15-14+. The molecule has 1 aromatic rings. The van der Waals surface area contributed by atoms with Crippen molar-refractivity contribution in [1.29, 1.82) is 0 Å². The summed E-state index contributed by atoms with van der Waals surface area (Å²) in [6.07, 6.45) is 2.76. The summed E-state index contributed by atoms with van der Waals surface area (Å²) in [5.74, 6) is 4.12. The Kier molecular flexibility index (Phi) is 1.58. The molecule has 0 aliphatic heterocycles. The second-order valence-corrected chi connectivity index (χ2v) is 5.51. The molecular weight excluding hydrogens is 198 g/mol. The van der Waals surface area contributed by atoms with Crippen LogP contribution in [0, 0.1) is 29.6 Å². The first-order chi connectivity index (χ1) is 7.90. The Labute approximate surface area is 95.0 Å². The van der Waals surface area contributed by atoms with Crippen LogP contribution in [0.5, 0.6) is 0 Å². The van der Waals surface area contributed by atoms with Crippen molar-refractivity contribution in [3.63, 3.8) is 0 Å². The van der Waals surface area contributed by atoms with Crippen LogP contribution in [0.3, 0.4) is 0 Å². The van der Waals surface area contributed by atoms with Gasteiger partial charge in [0.05, 0.1) is 5.71 Å². The second kappa shape index (κ2) is 2.88. The van der Waals surface area contributed by atoms with Gasteiger partial charge in [0.1, 0.15) is 0 Å². The minimum absolute atomic E-state index is 0.544. The van der Waals surface area contributed by atoms with Crippen LogP contribution in [-0.2, 0) is 0 Å². The van der Waals surface area contributed by atoms with E-state index in [1.807, 2.05) is 18.2 Å². The molecule has 0 aromatic heterocycles. The summed E-state index contributed by atoms with van der Waals surface area (Å²) in [5, 5.41) is 12.9. The molecule has 0 amide bonds. The number of nitrogens with zero attached hydrogens (tertiary/aromatic N) is 1. The molecule has 1 aromatic carbocycles. The molecule has 3 unspecified atom stereocenters. The van der Waals surface area contributed by atoms with Gasteiger partial charge in [-0.05, 0) is 42.1 Å². The van der Waals surface area contributed by atoms with E-state index in [4.69, 9.17) is 0 Å². The van der Waals surface area contributed by atoms with Crippen molar-refractivity contribution >= 4 is 5.71 Å². The van der Waals surface area contributed by atoms with Crippen molar-refractivity contribution in [2.45, 2.75) is 12.8 Å². The fourth-order valence-electron chi connectivity index (χ4n) is 4.41. The highest BCUT2D eigenvalue weighted by atomic mass is 16.4. The highest BCUT2D eigenvalue weighted by molar-refractivity contribution is 6.03. The number of rotatable bonds is 2. The van der Waals surface area contributed by atoms with Gasteiger partial charge in [0.2, 0.25) is 0 Å². The molecule has 0 saturated heterocycles. The van der Waals surface area contributed by atoms with Crippen LogP contribution >= 0.6 is 0 Å². The molecule has 2 heteroatoms. The first-order valence-corrected chi connectivity index (χ1v) is 6.17. The van der Waals surface area contributed by atoms with E-state index in [1.54, 1.807) is 0 Å². The van der Waals surface area contributed by atoms with Gasteiger partial charge in [0.25, 0.3) is 0 Å². The predicted molar refractivity (Wildman–Crippen MR) is 61.4 cm³/mol. The van der Waals surface area contributed by atoms with Crippen molar-refractivity contribution in [2.24, 2.45) is 34.7 Å². The Morgan fingerprint density at radius 1 is 1.12 bits per heavy atom. The molecule has 4 fully saturated rings. The molecule has 4 aliphatic rings. The van der Waals surface area contributed by atoms with Gasteiger partial charge in [-0.15, -0.1) is 0 Å². The molecule has 0 radical (unpaired) electrons. The minimum atomic E-state index is 0.544. The van der Waals surface area contributed by atoms with Gasteiger partial charge in [-0.3, -0.25) is 0 Å². The monoisotopic (exact) mass is 213 g/mol. The van der Waals surface area contributed by atoms with E-state index in [0.29, 0.717) is 5.92 Å². The first kappa shape index (κ1) is 8.80. The van der Waals surface area contributed by atoms with Gasteiger partial charge in [-0.2, -0.15) is 0 Å². The zero-order valence-corrected chi connectivity index (χ0v) is 9.08. The summed E-state index contributed by atoms with van der Waals surface area (Å²) in [6, 6.07) is 10.2. The van der Waals surface area contributed by atoms with Crippen molar-refractivity contribution in [1.82, 2.24) is 0 Å². The van der Waals surface area contributed by atoms with E-state index in [9.17, 15) is 5.21 Å². The third-order valence-electron chi connectivity index (χ3n) is 4.96. The Hall–Kier alpha value is -1.31. The van der Waals surface area contributed by atoms with Crippen LogP contribution in [0.15, 0.2) is 35.5 Å². The van der Waals surface area contributed by atoms with Crippen molar-refractivity contribution in [3.05, 3.63) is 35.9 Å². The van der Waals surface area contributed by atoms with E-state index < -0.39 is 0 Å². The summed E-state index contributed by atoms with van der Waals surface area (Å²) in [6.45, 7) is 0. The summed E-state index contributed by atoms with van der Waals surface area (Å²) >= 11 is 0. The third-order valence-corrected chi connectivity index (χ3v) is 4.96. The largest absolute Gasteiger partial charge is 0.411 e. The zero-order valence-electron chi connectivity index (χ0n) is 9.08. The SMILES string of the molecule is O/N=C(\c1ccccc1)C1C2CC3C(C2)C31. The Morgan fingerprint density at radius 3 is 2.31 bits per heavy atom. The molecule has 4 aliphatic carbocycles. The van der Waals surface area contributed by atoms with Crippen LogP contribution in [-0.4, -0.2) is 10.9 Å². The molecule has 0 spiro atoms. The minimum Gasteiger partial charge on any atom is -0.411 e. The van der Waals surface area contributed by atoms with Gasteiger partial charge < -0.3 is 5.21 Å². The molecule has 16 heavy (non-hydrogen) atoms. The molecule has 2 nitrogen and oxygen atoms in total. The molecular formula is C14H15NO. The van der Waals surface area contributed by atoms with Gasteiger partial charge >= 0.3 is 0 Å².